The minimum atomic E-state index is -0.341. The molecule has 0 spiro atoms. The maximum Gasteiger partial charge on any atom is 0.250 e. The number of aryl methyl sites for hydroxylation is 1. The minimum Gasteiger partial charge on any atom is -0.366 e. The molecule has 1 aliphatic carbocycles. The summed E-state index contributed by atoms with van der Waals surface area (Å²) in [5.41, 5.74) is 2.40. The molecule has 6 nitrogen and oxygen atoms in total. The van der Waals surface area contributed by atoms with Crippen LogP contribution in [0, 0.1) is 6.92 Å². The molecule has 1 aromatic rings. The molecule has 2 heterocycles. The van der Waals surface area contributed by atoms with Crippen LogP contribution in [0.3, 0.4) is 0 Å². The van der Waals surface area contributed by atoms with Crippen molar-refractivity contribution < 1.29 is 9.53 Å². The highest BCUT2D eigenvalue weighted by atomic mass is 16.5. The standard InChI is InChI=1S/C16H26N4O2/c1-12-13(9-17-19(12)2)10-20-7-8-22-15(11-20)16(21)18-14-5-3-4-6-14/h9,14-15H,3-8,10-11H2,1-2H3,(H,18,21)/t15-/m0/s1. The van der Waals surface area contributed by atoms with E-state index in [-0.39, 0.29) is 12.0 Å². The van der Waals surface area contributed by atoms with E-state index in [9.17, 15) is 4.79 Å². The molecule has 1 atom stereocenters. The SMILES string of the molecule is Cc1c(CN2CCO[C@H](C(=O)NC3CCCC3)C2)cnn1C. The molecule has 0 bridgehead atoms. The summed E-state index contributed by atoms with van der Waals surface area (Å²) in [5.74, 6) is 0.0551. The van der Waals surface area contributed by atoms with E-state index < -0.39 is 0 Å². The van der Waals surface area contributed by atoms with Crippen LogP contribution in [0.2, 0.25) is 0 Å². The Morgan fingerprint density at radius 1 is 1.45 bits per heavy atom. The summed E-state index contributed by atoms with van der Waals surface area (Å²) in [6.45, 7) is 5.04. The van der Waals surface area contributed by atoms with Crippen molar-refractivity contribution >= 4 is 5.91 Å². The highest BCUT2D eigenvalue weighted by Gasteiger charge is 2.29. The molecule has 2 fully saturated rings. The van der Waals surface area contributed by atoms with Crippen LogP contribution in [0.25, 0.3) is 0 Å². The zero-order chi connectivity index (χ0) is 15.5. The average molecular weight is 306 g/mol. The number of hydrogen-bond acceptors (Lipinski definition) is 4. The van der Waals surface area contributed by atoms with E-state index in [2.05, 4.69) is 22.2 Å². The fraction of sp³-hybridized carbons (Fsp3) is 0.750. The fourth-order valence-corrected chi connectivity index (χ4v) is 3.31. The Bertz CT molecular complexity index is 522. The lowest BCUT2D eigenvalue weighted by molar-refractivity contribution is -0.139. The van der Waals surface area contributed by atoms with Gasteiger partial charge in [-0.15, -0.1) is 0 Å². The van der Waals surface area contributed by atoms with E-state index in [4.69, 9.17) is 4.74 Å². The molecule has 1 saturated carbocycles. The molecule has 0 radical (unpaired) electrons. The highest BCUT2D eigenvalue weighted by Crippen LogP contribution is 2.18. The van der Waals surface area contributed by atoms with Crippen LogP contribution in [0.4, 0.5) is 0 Å². The summed E-state index contributed by atoms with van der Waals surface area (Å²) in [4.78, 5) is 14.6. The van der Waals surface area contributed by atoms with Crippen molar-refractivity contribution in [2.45, 2.75) is 51.3 Å². The highest BCUT2D eigenvalue weighted by molar-refractivity contribution is 5.81. The zero-order valence-corrected chi connectivity index (χ0v) is 13.5. The Kier molecular flexibility index (Phi) is 4.78. The lowest BCUT2D eigenvalue weighted by atomic mass is 10.2. The van der Waals surface area contributed by atoms with Crippen LogP contribution in [-0.4, -0.2) is 52.4 Å². The summed E-state index contributed by atoms with van der Waals surface area (Å²) >= 11 is 0. The predicted molar refractivity (Wildman–Crippen MR) is 83.4 cm³/mol. The van der Waals surface area contributed by atoms with Crippen molar-refractivity contribution in [3.8, 4) is 0 Å². The van der Waals surface area contributed by atoms with Crippen LogP contribution in [0.5, 0.6) is 0 Å². The lowest BCUT2D eigenvalue weighted by Crippen LogP contribution is -2.51. The molecule has 1 aliphatic heterocycles. The number of aromatic nitrogens is 2. The third-order valence-corrected chi connectivity index (χ3v) is 4.88. The summed E-state index contributed by atoms with van der Waals surface area (Å²) in [6, 6.07) is 0.354. The number of nitrogens with zero attached hydrogens (tertiary/aromatic N) is 3. The Balaban J connectivity index is 1.54. The lowest BCUT2D eigenvalue weighted by Gasteiger charge is -2.32. The van der Waals surface area contributed by atoms with Crippen molar-refractivity contribution in [1.82, 2.24) is 20.0 Å². The van der Waals surface area contributed by atoms with E-state index in [0.717, 1.165) is 25.9 Å². The van der Waals surface area contributed by atoms with E-state index in [1.165, 1.54) is 24.1 Å². The Morgan fingerprint density at radius 3 is 2.91 bits per heavy atom. The summed E-state index contributed by atoms with van der Waals surface area (Å²) in [6.07, 6.45) is 6.24. The van der Waals surface area contributed by atoms with Gasteiger partial charge in [0, 0.05) is 44.0 Å². The third kappa shape index (κ3) is 3.50. The molecule has 1 amide bonds. The third-order valence-electron chi connectivity index (χ3n) is 4.88. The fourth-order valence-electron chi connectivity index (χ4n) is 3.31. The van der Waals surface area contributed by atoms with Crippen molar-refractivity contribution in [3.63, 3.8) is 0 Å². The van der Waals surface area contributed by atoms with Crippen molar-refractivity contribution in [1.29, 1.82) is 0 Å². The van der Waals surface area contributed by atoms with Gasteiger partial charge in [-0.25, -0.2) is 0 Å². The second-order valence-electron chi connectivity index (χ2n) is 6.46. The second-order valence-corrected chi connectivity index (χ2v) is 6.46. The maximum absolute atomic E-state index is 12.3. The van der Waals surface area contributed by atoms with Gasteiger partial charge in [-0.05, 0) is 19.8 Å². The van der Waals surface area contributed by atoms with E-state index in [1.807, 2.05) is 17.9 Å². The first-order valence-corrected chi connectivity index (χ1v) is 8.25. The van der Waals surface area contributed by atoms with Gasteiger partial charge in [-0.2, -0.15) is 5.10 Å². The first-order valence-electron chi connectivity index (χ1n) is 8.25. The quantitative estimate of drug-likeness (QED) is 0.901. The van der Waals surface area contributed by atoms with Gasteiger partial charge in [-0.3, -0.25) is 14.4 Å². The second kappa shape index (κ2) is 6.79. The minimum absolute atomic E-state index is 0.0551. The number of carbonyl (C=O) groups excluding carboxylic acids is 1. The van der Waals surface area contributed by atoms with Gasteiger partial charge >= 0.3 is 0 Å². The normalized spacial score (nSPS) is 23.8. The molecule has 0 unspecified atom stereocenters. The average Bonchev–Trinajstić information content (AvgIpc) is 3.13. The van der Waals surface area contributed by atoms with Crippen LogP contribution in [-0.2, 0) is 23.1 Å². The van der Waals surface area contributed by atoms with E-state index in [1.54, 1.807) is 0 Å². The topological polar surface area (TPSA) is 59.4 Å². The molecule has 1 aromatic heterocycles. The van der Waals surface area contributed by atoms with E-state index in [0.29, 0.717) is 19.2 Å². The Hall–Kier alpha value is -1.40. The number of amides is 1. The number of carbonyl (C=O) groups is 1. The first kappa shape index (κ1) is 15.5. The number of hydrogen-bond donors (Lipinski definition) is 1. The summed E-state index contributed by atoms with van der Waals surface area (Å²) < 4.78 is 7.57. The van der Waals surface area contributed by atoms with Gasteiger partial charge in [0.05, 0.1) is 12.8 Å². The van der Waals surface area contributed by atoms with Crippen molar-refractivity contribution in [2.24, 2.45) is 7.05 Å². The molecule has 1 saturated heterocycles. The summed E-state index contributed by atoms with van der Waals surface area (Å²) in [7, 11) is 1.95. The number of rotatable bonds is 4. The summed E-state index contributed by atoms with van der Waals surface area (Å²) in [5, 5.41) is 7.43. The van der Waals surface area contributed by atoms with Crippen LogP contribution in [0.1, 0.15) is 36.9 Å². The number of nitrogens with one attached hydrogen (secondary N) is 1. The molecule has 0 aromatic carbocycles. The van der Waals surface area contributed by atoms with Crippen molar-refractivity contribution in [3.05, 3.63) is 17.5 Å². The molecule has 2 aliphatic rings. The predicted octanol–water partition coefficient (Wildman–Crippen LogP) is 0.988. The Labute approximate surface area is 131 Å². The molecule has 22 heavy (non-hydrogen) atoms. The van der Waals surface area contributed by atoms with Gasteiger partial charge in [0.25, 0.3) is 5.91 Å². The number of ether oxygens (including phenoxy) is 1. The largest absolute Gasteiger partial charge is 0.366 e. The Morgan fingerprint density at radius 2 is 2.23 bits per heavy atom. The maximum atomic E-state index is 12.3. The number of morpholine rings is 1. The van der Waals surface area contributed by atoms with Crippen LogP contribution < -0.4 is 5.32 Å². The molecular weight excluding hydrogens is 280 g/mol. The molecule has 6 heteroatoms. The van der Waals surface area contributed by atoms with Gasteiger partial charge in [0.15, 0.2) is 0 Å². The molecular formula is C16H26N4O2. The van der Waals surface area contributed by atoms with E-state index >= 15 is 0 Å². The van der Waals surface area contributed by atoms with Crippen LogP contribution in [0.15, 0.2) is 6.20 Å². The smallest absolute Gasteiger partial charge is 0.250 e. The zero-order valence-electron chi connectivity index (χ0n) is 13.5. The van der Waals surface area contributed by atoms with Crippen molar-refractivity contribution in [2.75, 3.05) is 19.7 Å². The van der Waals surface area contributed by atoms with Gasteiger partial charge in [-0.1, -0.05) is 12.8 Å². The molecule has 1 N–H and O–H groups in total. The molecule has 3 rings (SSSR count). The van der Waals surface area contributed by atoms with Gasteiger partial charge in [0.1, 0.15) is 6.10 Å². The molecule has 122 valence electrons. The van der Waals surface area contributed by atoms with Gasteiger partial charge in [0.2, 0.25) is 0 Å². The van der Waals surface area contributed by atoms with Crippen LogP contribution >= 0.6 is 0 Å². The monoisotopic (exact) mass is 306 g/mol. The van der Waals surface area contributed by atoms with Gasteiger partial charge < -0.3 is 10.1 Å². The first-order chi connectivity index (χ1) is 10.6.